The van der Waals surface area contributed by atoms with Crippen molar-refractivity contribution in [3.63, 3.8) is 0 Å². The van der Waals surface area contributed by atoms with E-state index in [0.717, 1.165) is 24.9 Å². The van der Waals surface area contributed by atoms with Crippen LogP contribution in [0.5, 0.6) is 0 Å². The van der Waals surface area contributed by atoms with Crippen molar-refractivity contribution in [1.29, 1.82) is 0 Å². The third-order valence-electron chi connectivity index (χ3n) is 5.24. The van der Waals surface area contributed by atoms with Crippen LogP contribution in [0.3, 0.4) is 0 Å². The van der Waals surface area contributed by atoms with E-state index >= 15 is 0 Å². The van der Waals surface area contributed by atoms with Crippen molar-refractivity contribution in [1.82, 2.24) is 4.90 Å². The molecule has 116 valence electrons. The molecule has 0 spiro atoms. The van der Waals surface area contributed by atoms with Gasteiger partial charge in [-0.2, -0.15) is 0 Å². The van der Waals surface area contributed by atoms with Gasteiger partial charge in [0.15, 0.2) is 5.78 Å². The maximum absolute atomic E-state index is 12.4. The number of hydrogen-bond acceptors (Lipinski definition) is 2. The Morgan fingerprint density at radius 2 is 1.78 bits per heavy atom. The van der Waals surface area contributed by atoms with Crippen molar-refractivity contribution in [2.45, 2.75) is 31.3 Å². The number of rotatable bonds is 4. The molecule has 0 fully saturated rings. The van der Waals surface area contributed by atoms with Gasteiger partial charge < -0.3 is 0 Å². The van der Waals surface area contributed by atoms with Gasteiger partial charge in [0, 0.05) is 30.6 Å². The Hall–Kier alpha value is -2.19. The lowest BCUT2D eigenvalue weighted by Gasteiger charge is -2.34. The quantitative estimate of drug-likeness (QED) is 0.776. The molecule has 0 saturated heterocycles. The van der Waals surface area contributed by atoms with Crippen molar-refractivity contribution in [3.05, 3.63) is 83.4 Å². The molecule has 2 aliphatic rings. The molecule has 0 radical (unpaired) electrons. The maximum atomic E-state index is 12.4. The number of Topliss-reactive ketones (excluding diaryl/α,β-unsaturated/α-hetero) is 1. The van der Waals surface area contributed by atoms with E-state index in [2.05, 4.69) is 41.8 Å². The van der Waals surface area contributed by atoms with E-state index in [1.165, 1.54) is 16.7 Å². The Balaban J connectivity index is 1.73. The van der Waals surface area contributed by atoms with Crippen LogP contribution in [0.1, 0.15) is 52.0 Å². The third kappa shape index (κ3) is 2.34. The van der Waals surface area contributed by atoms with Crippen LogP contribution < -0.4 is 0 Å². The zero-order chi connectivity index (χ0) is 15.8. The summed E-state index contributed by atoms with van der Waals surface area (Å²) in [7, 11) is 0. The van der Waals surface area contributed by atoms with E-state index in [0.29, 0.717) is 12.5 Å². The zero-order valence-electron chi connectivity index (χ0n) is 13.2. The summed E-state index contributed by atoms with van der Waals surface area (Å²) < 4.78 is 0. The summed E-state index contributed by atoms with van der Waals surface area (Å²) in [6.45, 7) is 4.76. The summed E-state index contributed by atoms with van der Waals surface area (Å²) in [5.74, 6) is 0.269. The average molecular weight is 303 g/mol. The largest absolute Gasteiger partial charge is 0.294 e. The summed E-state index contributed by atoms with van der Waals surface area (Å²) in [6.07, 6.45) is 4.80. The molecule has 1 unspecified atom stereocenters. The molecule has 0 aliphatic heterocycles. The number of carbonyl (C=O) groups is 1. The molecule has 0 bridgehead atoms. The molecular weight excluding hydrogens is 282 g/mol. The molecule has 2 aromatic rings. The molecule has 0 heterocycles. The Bertz CT molecular complexity index is 764. The second-order valence-corrected chi connectivity index (χ2v) is 6.47. The lowest BCUT2D eigenvalue weighted by Crippen LogP contribution is -2.31. The normalized spacial score (nSPS) is 22.2. The third-order valence-corrected chi connectivity index (χ3v) is 5.24. The Labute approximate surface area is 137 Å². The molecule has 0 N–H and O–H groups in total. The van der Waals surface area contributed by atoms with Crippen molar-refractivity contribution < 1.29 is 4.79 Å². The fourth-order valence-electron chi connectivity index (χ4n) is 4.23. The van der Waals surface area contributed by atoms with Crippen LogP contribution in [0.15, 0.2) is 61.2 Å². The van der Waals surface area contributed by atoms with Crippen LogP contribution in [0.2, 0.25) is 0 Å². The van der Waals surface area contributed by atoms with Crippen LogP contribution in [0.25, 0.3) is 0 Å². The van der Waals surface area contributed by atoms with E-state index in [1.54, 1.807) is 0 Å². The lowest BCUT2D eigenvalue weighted by molar-refractivity contribution is 0.0925. The molecule has 2 atom stereocenters. The van der Waals surface area contributed by atoms with Crippen LogP contribution >= 0.6 is 0 Å². The van der Waals surface area contributed by atoms with Crippen LogP contribution in [0, 0.1) is 0 Å². The van der Waals surface area contributed by atoms with Crippen molar-refractivity contribution >= 4 is 5.78 Å². The van der Waals surface area contributed by atoms with Gasteiger partial charge in [0.25, 0.3) is 0 Å². The van der Waals surface area contributed by atoms with E-state index < -0.39 is 0 Å². The Morgan fingerprint density at radius 3 is 2.61 bits per heavy atom. The van der Waals surface area contributed by atoms with Crippen molar-refractivity contribution in [3.8, 4) is 0 Å². The fraction of sp³-hybridized carbons (Fsp3) is 0.286. The highest BCUT2D eigenvalue weighted by atomic mass is 16.1. The first-order chi connectivity index (χ1) is 11.3. The summed E-state index contributed by atoms with van der Waals surface area (Å²) in [6, 6.07) is 17.3. The van der Waals surface area contributed by atoms with E-state index in [-0.39, 0.29) is 11.8 Å². The first-order valence-electron chi connectivity index (χ1n) is 8.36. The first kappa shape index (κ1) is 14.4. The number of aryl methyl sites for hydroxylation is 1. The molecule has 0 aromatic heterocycles. The smallest absolute Gasteiger partial charge is 0.165 e. The number of benzene rings is 2. The first-order valence-corrected chi connectivity index (χ1v) is 8.36. The van der Waals surface area contributed by atoms with Gasteiger partial charge in [-0.1, -0.05) is 54.6 Å². The fourth-order valence-corrected chi connectivity index (χ4v) is 4.23. The summed E-state index contributed by atoms with van der Waals surface area (Å²) >= 11 is 0. The number of nitrogens with zero attached hydrogens (tertiary/aromatic N) is 1. The van der Waals surface area contributed by atoms with Gasteiger partial charge in [-0.3, -0.25) is 9.69 Å². The molecule has 2 aliphatic carbocycles. The van der Waals surface area contributed by atoms with Gasteiger partial charge in [-0.25, -0.2) is 0 Å². The lowest BCUT2D eigenvalue weighted by atomic mass is 10.0. The van der Waals surface area contributed by atoms with Gasteiger partial charge in [0.05, 0.1) is 0 Å². The van der Waals surface area contributed by atoms with Crippen LogP contribution in [-0.2, 0) is 6.42 Å². The molecule has 0 amide bonds. The monoisotopic (exact) mass is 303 g/mol. The highest BCUT2D eigenvalue weighted by Gasteiger charge is 2.38. The van der Waals surface area contributed by atoms with Crippen molar-refractivity contribution in [2.75, 3.05) is 6.54 Å². The Morgan fingerprint density at radius 1 is 1.04 bits per heavy atom. The second kappa shape index (κ2) is 5.78. The molecule has 23 heavy (non-hydrogen) atoms. The molecule has 4 rings (SSSR count). The summed E-state index contributed by atoms with van der Waals surface area (Å²) in [5.41, 5.74) is 4.96. The van der Waals surface area contributed by atoms with Gasteiger partial charge in [0.1, 0.15) is 0 Å². The predicted molar refractivity (Wildman–Crippen MR) is 92.5 cm³/mol. The summed E-state index contributed by atoms with van der Waals surface area (Å²) in [5, 5.41) is 0. The average Bonchev–Trinajstić information content (AvgIpc) is 3.15. The van der Waals surface area contributed by atoms with Gasteiger partial charge in [-0.15, -0.1) is 6.58 Å². The van der Waals surface area contributed by atoms with Gasteiger partial charge in [0.2, 0.25) is 0 Å². The van der Waals surface area contributed by atoms with Crippen LogP contribution in [-0.4, -0.2) is 17.2 Å². The molecular formula is C21H21NO. The Kier molecular flexibility index (Phi) is 3.62. The van der Waals surface area contributed by atoms with E-state index in [4.69, 9.17) is 0 Å². The van der Waals surface area contributed by atoms with E-state index in [9.17, 15) is 4.79 Å². The SMILES string of the molecule is C=CCN(C1CC(=O)c2ccccc21)[C@H]1CCc2ccccc21. The number of fused-ring (bicyclic) bond motifs is 2. The number of carbonyl (C=O) groups excluding carboxylic acids is 1. The molecule has 2 aromatic carbocycles. The molecule has 2 heteroatoms. The molecule has 0 saturated carbocycles. The summed E-state index contributed by atoms with van der Waals surface area (Å²) in [4.78, 5) is 14.9. The van der Waals surface area contributed by atoms with Gasteiger partial charge >= 0.3 is 0 Å². The predicted octanol–water partition coefficient (Wildman–Crippen LogP) is 4.49. The minimum Gasteiger partial charge on any atom is -0.294 e. The number of hydrogen-bond donors (Lipinski definition) is 0. The minimum atomic E-state index is 0.174. The van der Waals surface area contributed by atoms with Crippen LogP contribution in [0.4, 0.5) is 0 Å². The highest BCUT2D eigenvalue weighted by Crippen LogP contribution is 2.44. The zero-order valence-corrected chi connectivity index (χ0v) is 13.2. The highest BCUT2D eigenvalue weighted by molar-refractivity contribution is 6.01. The number of ketones is 1. The standard InChI is InChI=1S/C21H21NO/c1-2-13-22(19-12-11-15-7-3-4-8-16(15)19)20-14-21(23)18-10-6-5-9-17(18)20/h2-10,19-20H,1,11-14H2/t19-,20?/m0/s1. The maximum Gasteiger partial charge on any atom is 0.165 e. The minimum absolute atomic E-state index is 0.174. The van der Waals surface area contributed by atoms with E-state index in [1.807, 2.05) is 24.3 Å². The topological polar surface area (TPSA) is 20.3 Å². The van der Waals surface area contributed by atoms with Crippen molar-refractivity contribution in [2.24, 2.45) is 0 Å². The van der Waals surface area contributed by atoms with Gasteiger partial charge in [-0.05, 0) is 29.5 Å². The second-order valence-electron chi connectivity index (χ2n) is 6.47. The molecule has 2 nitrogen and oxygen atoms in total.